The van der Waals surface area contributed by atoms with Crippen LogP contribution in [0.15, 0.2) is 271 Å². The van der Waals surface area contributed by atoms with Crippen LogP contribution in [-0.2, 0) is 6.42 Å². The number of para-hydroxylation sites is 5. The second-order valence-electron chi connectivity index (χ2n) is 15.6. The molecule has 0 aliphatic carbocycles. The van der Waals surface area contributed by atoms with Gasteiger partial charge in [0.15, 0.2) is 0 Å². The highest BCUT2D eigenvalue weighted by Crippen LogP contribution is 2.44. The lowest BCUT2D eigenvalue weighted by molar-refractivity contribution is 1.18. The fourth-order valence-corrected chi connectivity index (χ4v) is 8.92. The molecule has 10 aromatic carbocycles. The second kappa shape index (κ2) is 25.7. The van der Waals surface area contributed by atoms with Gasteiger partial charge >= 0.3 is 0 Å². The Kier molecular flexibility index (Phi) is 18.8. The molecule has 3 nitrogen and oxygen atoms in total. The molecule has 0 saturated heterocycles. The Bertz CT molecular complexity index is 3050. The maximum Gasteiger partial charge on any atom is 0.0832 e. The Balaban J connectivity index is 0.000000177. The van der Waals surface area contributed by atoms with Gasteiger partial charge in [-0.1, -0.05) is 205 Å². The molecule has 10 rings (SSSR count). The highest BCUT2D eigenvalue weighted by Gasteiger charge is 2.20. The Labute approximate surface area is 441 Å². The molecule has 10 aromatic rings. The van der Waals surface area contributed by atoms with Gasteiger partial charge in [-0.05, 0) is 149 Å². The molecule has 70 heavy (non-hydrogen) atoms. The zero-order valence-corrected chi connectivity index (χ0v) is 42.0. The molecule has 0 saturated carbocycles. The van der Waals surface area contributed by atoms with Crippen LogP contribution >= 0.6 is 62.3 Å². The summed E-state index contributed by atoms with van der Waals surface area (Å²) in [6, 6.07) is 90.9. The predicted octanol–water partition coefficient (Wildman–Crippen LogP) is 21.1. The smallest absolute Gasteiger partial charge is 0.0832 e. The van der Waals surface area contributed by atoms with Gasteiger partial charge in [0.1, 0.15) is 0 Å². The normalized spacial score (nSPS) is 10.3. The molecular weight excluding hydrogens is 1010 g/mol. The van der Waals surface area contributed by atoms with Gasteiger partial charge < -0.3 is 14.7 Å². The molecule has 0 radical (unpaired) electrons. The van der Waals surface area contributed by atoms with E-state index in [0.29, 0.717) is 20.1 Å². The van der Waals surface area contributed by atoms with Crippen molar-refractivity contribution in [3.05, 3.63) is 303 Å². The van der Waals surface area contributed by atoms with Crippen LogP contribution in [0.1, 0.15) is 18.6 Å². The average Bonchev–Trinajstić information content (AvgIpc) is 3.40. The largest absolute Gasteiger partial charge is 0.310 e. The molecule has 0 aliphatic rings. The minimum Gasteiger partial charge on any atom is -0.310 e. The summed E-state index contributed by atoms with van der Waals surface area (Å²) in [5.41, 5.74) is 12.1. The quantitative estimate of drug-likeness (QED) is 0.120. The Morgan fingerprint density at radius 2 is 0.600 bits per heavy atom. The van der Waals surface area contributed by atoms with Gasteiger partial charge in [-0.3, -0.25) is 0 Å². The topological polar surface area (TPSA) is 9.72 Å². The summed E-state index contributed by atoms with van der Waals surface area (Å²) >= 11 is 27.7. The van der Waals surface area contributed by atoms with Gasteiger partial charge in [-0.2, -0.15) is 0 Å². The van der Waals surface area contributed by atoms with Crippen LogP contribution in [0.3, 0.4) is 0 Å². The minimum atomic E-state index is 0. The fourth-order valence-electron chi connectivity index (χ4n) is 7.76. The monoisotopic (exact) mass is 1060 g/mol. The molecule has 0 atom stereocenters. The summed E-state index contributed by atoms with van der Waals surface area (Å²) < 4.78 is 0.830. The molecule has 0 N–H and O–H groups in total. The van der Waals surface area contributed by atoms with E-state index < -0.39 is 0 Å². The Morgan fingerprint density at radius 1 is 0.286 bits per heavy atom. The predicted molar refractivity (Wildman–Crippen MR) is 307 cm³/mol. The molecule has 0 aliphatic heterocycles. The van der Waals surface area contributed by atoms with Gasteiger partial charge in [0, 0.05) is 50.0 Å². The van der Waals surface area contributed by atoms with E-state index in [4.69, 9.17) is 46.4 Å². The van der Waals surface area contributed by atoms with E-state index in [-0.39, 0.29) is 7.43 Å². The van der Waals surface area contributed by atoms with E-state index >= 15 is 0 Å². The standard InChI is InChI=1S/C30H22Cl2N2.C25H21N.C6H3BrCl2.CH4/c31-28-20-11-21-29(30(28)32)34(25-16-8-3-9-17-25)27-19-10-18-26(22-27)33(23-12-4-1-5-13-23)24-14-6-2-7-15-24;1-4-11-21(12-5-1)19-22-13-10-18-25(20-22)26(23-14-6-2-7-15-23)24-16-8-3-9-17-24;7-4-2-1-3-5(8)6(4)9;/h1-22H;1-18,20H,19H2;1-3H;1H4. The first-order valence-corrected chi connectivity index (χ1v) is 24.6. The number of hydrogen-bond donors (Lipinski definition) is 0. The van der Waals surface area contributed by atoms with E-state index in [1.807, 2.05) is 54.6 Å². The van der Waals surface area contributed by atoms with Crippen molar-refractivity contribution in [2.75, 3.05) is 14.7 Å². The molecule has 0 unspecified atom stereocenters. The van der Waals surface area contributed by atoms with Crippen LogP contribution in [0.5, 0.6) is 0 Å². The molecule has 0 fully saturated rings. The first-order chi connectivity index (χ1) is 33.8. The van der Waals surface area contributed by atoms with Crippen LogP contribution in [0.4, 0.5) is 51.2 Å². The van der Waals surface area contributed by atoms with Crippen molar-refractivity contribution in [3.63, 3.8) is 0 Å². The van der Waals surface area contributed by atoms with Crippen LogP contribution in [0, 0.1) is 0 Å². The Hall–Kier alpha value is -6.76. The van der Waals surface area contributed by atoms with Crippen molar-refractivity contribution in [2.45, 2.75) is 13.8 Å². The maximum atomic E-state index is 6.70. The van der Waals surface area contributed by atoms with Crippen molar-refractivity contribution in [2.24, 2.45) is 0 Å². The van der Waals surface area contributed by atoms with Crippen LogP contribution in [-0.4, -0.2) is 0 Å². The number of benzene rings is 10. The van der Waals surface area contributed by atoms with Gasteiger partial charge in [0.05, 0.1) is 25.8 Å². The van der Waals surface area contributed by atoms with Gasteiger partial charge in [-0.25, -0.2) is 0 Å². The summed E-state index contributed by atoms with van der Waals surface area (Å²) in [7, 11) is 0. The number of nitrogens with zero attached hydrogens (tertiary/aromatic N) is 3. The summed E-state index contributed by atoms with van der Waals surface area (Å²) in [6.45, 7) is 0. The van der Waals surface area contributed by atoms with Crippen LogP contribution < -0.4 is 14.7 Å². The van der Waals surface area contributed by atoms with Crippen LogP contribution in [0.2, 0.25) is 20.1 Å². The zero-order valence-electron chi connectivity index (χ0n) is 37.3. The maximum absolute atomic E-state index is 6.70. The second-order valence-corrected chi connectivity index (χ2v) is 18.1. The summed E-state index contributed by atoms with van der Waals surface area (Å²) in [5.74, 6) is 0. The van der Waals surface area contributed by atoms with E-state index in [9.17, 15) is 0 Å². The molecular formula is C62H50BrCl4N3. The van der Waals surface area contributed by atoms with Gasteiger partial charge in [-0.15, -0.1) is 0 Å². The fraction of sp³-hybridized carbons (Fsp3) is 0.0323. The number of halogens is 5. The third-order valence-electron chi connectivity index (χ3n) is 10.9. The first-order valence-electron chi connectivity index (χ1n) is 22.3. The third-order valence-corrected chi connectivity index (χ3v) is 13.4. The van der Waals surface area contributed by atoms with E-state index in [1.54, 1.807) is 12.1 Å². The van der Waals surface area contributed by atoms with Crippen molar-refractivity contribution < 1.29 is 0 Å². The van der Waals surface area contributed by atoms with Crippen molar-refractivity contribution in [1.82, 2.24) is 0 Å². The van der Waals surface area contributed by atoms with Gasteiger partial charge in [0.25, 0.3) is 0 Å². The highest BCUT2D eigenvalue weighted by atomic mass is 79.9. The lowest BCUT2D eigenvalue weighted by atomic mass is 10.0. The van der Waals surface area contributed by atoms with Crippen LogP contribution in [0.25, 0.3) is 0 Å². The summed E-state index contributed by atoms with van der Waals surface area (Å²) in [4.78, 5) is 6.67. The number of anilines is 9. The molecule has 0 aromatic heterocycles. The SMILES string of the molecule is C.Clc1cccc(Br)c1Cl.Clc1cccc(N(c2ccccc2)c2cccc(N(c3ccccc3)c3ccccc3)c2)c1Cl.c1ccc(Cc2cccc(N(c3ccccc3)c3ccccc3)c2)cc1. The average molecular weight is 1060 g/mol. The lowest BCUT2D eigenvalue weighted by Gasteiger charge is -2.29. The lowest BCUT2D eigenvalue weighted by Crippen LogP contribution is -2.13. The molecule has 0 amide bonds. The van der Waals surface area contributed by atoms with E-state index in [2.05, 4.69) is 231 Å². The summed E-state index contributed by atoms with van der Waals surface area (Å²) in [5, 5.41) is 2.18. The molecule has 0 spiro atoms. The summed E-state index contributed by atoms with van der Waals surface area (Å²) in [6.07, 6.45) is 0.937. The molecule has 348 valence electrons. The highest BCUT2D eigenvalue weighted by molar-refractivity contribution is 9.10. The zero-order chi connectivity index (χ0) is 47.8. The molecule has 0 bridgehead atoms. The first kappa shape index (κ1) is 51.1. The molecule has 8 heteroatoms. The number of hydrogen-bond acceptors (Lipinski definition) is 3. The van der Waals surface area contributed by atoms with Crippen molar-refractivity contribution in [1.29, 1.82) is 0 Å². The van der Waals surface area contributed by atoms with Crippen molar-refractivity contribution >= 4 is 114 Å². The third kappa shape index (κ3) is 13.3. The van der Waals surface area contributed by atoms with Gasteiger partial charge in [0.2, 0.25) is 0 Å². The Morgan fingerprint density at radius 3 is 1.03 bits per heavy atom. The van der Waals surface area contributed by atoms with E-state index in [1.165, 1.54) is 16.8 Å². The number of rotatable bonds is 11. The minimum absolute atomic E-state index is 0. The molecule has 0 heterocycles. The van der Waals surface area contributed by atoms with E-state index in [0.717, 1.165) is 56.4 Å². The van der Waals surface area contributed by atoms with Crippen molar-refractivity contribution in [3.8, 4) is 0 Å².